The lowest BCUT2D eigenvalue weighted by molar-refractivity contribution is -0.122. The summed E-state index contributed by atoms with van der Waals surface area (Å²) in [5.74, 6) is -1.82. The van der Waals surface area contributed by atoms with Crippen molar-refractivity contribution in [3.8, 4) is 11.3 Å². The van der Waals surface area contributed by atoms with Gasteiger partial charge in [-0.15, -0.1) is 0 Å². The Labute approximate surface area is 190 Å². The van der Waals surface area contributed by atoms with Crippen LogP contribution in [0.1, 0.15) is 16.1 Å². The van der Waals surface area contributed by atoms with E-state index in [9.17, 15) is 19.5 Å². The normalized spacial score (nSPS) is 15.3. The van der Waals surface area contributed by atoms with Crippen LogP contribution in [0.4, 0.5) is 5.69 Å². The van der Waals surface area contributed by atoms with Crippen LogP contribution in [0.5, 0.6) is 0 Å². The van der Waals surface area contributed by atoms with Gasteiger partial charge in [-0.3, -0.25) is 19.8 Å². The van der Waals surface area contributed by atoms with Crippen molar-refractivity contribution >= 4 is 62.8 Å². The largest absolute Gasteiger partial charge is 0.478 e. The van der Waals surface area contributed by atoms with Crippen molar-refractivity contribution in [3.63, 3.8) is 0 Å². The highest BCUT2D eigenvalue weighted by molar-refractivity contribution is 9.10. The lowest BCUT2D eigenvalue weighted by atomic mass is 10.1. The second-order valence-corrected chi connectivity index (χ2v) is 7.79. The number of furan rings is 1. The summed E-state index contributed by atoms with van der Waals surface area (Å²) in [6.45, 7) is 0. The van der Waals surface area contributed by atoms with Gasteiger partial charge in [-0.1, -0.05) is 40.2 Å². The number of nitrogens with one attached hydrogen (secondary N) is 1. The molecule has 9 heteroatoms. The van der Waals surface area contributed by atoms with Crippen LogP contribution >= 0.6 is 28.1 Å². The summed E-state index contributed by atoms with van der Waals surface area (Å²) < 4.78 is 6.46. The monoisotopic (exact) mass is 496 g/mol. The van der Waals surface area contributed by atoms with E-state index in [0.29, 0.717) is 17.0 Å². The molecule has 3 aromatic rings. The fourth-order valence-electron chi connectivity index (χ4n) is 3.11. The van der Waals surface area contributed by atoms with Gasteiger partial charge < -0.3 is 9.52 Å². The molecule has 2 heterocycles. The Bertz CT molecular complexity index is 1280. The summed E-state index contributed by atoms with van der Waals surface area (Å²) in [4.78, 5) is 38.2. The molecule has 0 saturated carbocycles. The molecule has 0 spiro atoms. The zero-order chi connectivity index (χ0) is 22.1. The van der Waals surface area contributed by atoms with Crippen LogP contribution in [0.2, 0.25) is 0 Å². The molecule has 1 aromatic heterocycles. The van der Waals surface area contributed by atoms with E-state index in [1.165, 1.54) is 17.0 Å². The fourth-order valence-corrected chi connectivity index (χ4v) is 3.78. The lowest BCUT2D eigenvalue weighted by Crippen LogP contribution is -2.54. The van der Waals surface area contributed by atoms with Crippen molar-refractivity contribution in [3.05, 3.63) is 82.0 Å². The Kier molecular flexibility index (Phi) is 5.53. The number of nitrogens with zero attached hydrogens (tertiary/aromatic N) is 1. The number of carboxylic acids is 1. The highest BCUT2D eigenvalue weighted by Crippen LogP contribution is 2.28. The molecule has 0 bridgehead atoms. The molecule has 154 valence electrons. The predicted molar refractivity (Wildman–Crippen MR) is 121 cm³/mol. The maximum absolute atomic E-state index is 13.1. The molecule has 0 unspecified atom stereocenters. The Morgan fingerprint density at radius 1 is 1.10 bits per heavy atom. The van der Waals surface area contributed by atoms with Crippen molar-refractivity contribution in [1.82, 2.24) is 5.32 Å². The van der Waals surface area contributed by atoms with Crippen molar-refractivity contribution in [2.75, 3.05) is 4.90 Å². The van der Waals surface area contributed by atoms with Gasteiger partial charge in [-0.2, -0.15) is 0 Å². The molecular weight excluding hydrogens is 484 g/mol. The first-order valence-corrected chi connectivity index (χ1v) is 10.1. The summed E-state index contributed by atoms with van der Waals surface area (Å²) in [7, 11) is 0. The molecule has 0 aliphatic carbocycles. The van der Waals surface area contributed by atoms with Gasteiger partial charge in [0.2, 0.25) is 0 Å². The number of anilines is 1. The quantitative estimate of drug-likeness (QED) is 0.318. The minimum atomic E-state index is -1.09. The summed E-state index contributed by atoms with van der Waals surface area (Å²) in [5, 5.41) is 11.9. The van der Waals surface area contributed by atoms with E-state index in [-0.39, 0.29) is 22.0 Å². The standard InChI is InChI=1S/C22H13BrN2O5S/c23-12-4-3-5-13(10-12)25-20(27)17(19(26)24-22(25)31)11-14-8-9-18(30-14)15-6-1-2-7-16(15)21(28)29/h1-11H,(H,28,29)(H,24,26,31)/b17-11+. The van der Waals surface area contributed by atoms with E-state index in [1.807, 2.05) is 0 Å². The number of hydrogen-bond donors (Lipinski definition) is 2. The van der Waals surface area contributed by atoms with Crippen LogP contribution in [0.25, 0.3) is 17.4 Å². The van der Waals surface area contributed by atoms with E-state index in [1.54, 1.807) is 54.6 Å². The molecule has 1 aliphatic rings. The van der Waals surface area contributed by atoms with Crippen molar-refractivity contribution < 1.29 is 23.9 Å². The van der Waals surface area contributed by atoms with Gasteiger partial charge in [0, 0.05) is 10.0 Å². The molecular formula is C22H13BrN2O5S. The van der Waals surface area contributed by atoms with E-state index < -0.39 is 17.8 Å². The minimum Gasteiger partial charge on any atom is -0.478 e. The number of halogens is 1. The lowest BCUT2D eigenvalue weighted by Gasteiger charge is -2.28. The molecule has 1 aliphatic heterocycles. The molecule has 2 aromatic carbocycles. The molecule has 2 amide bonds. The van der Waals surface area contributed by atoms with Crippen LogP contribution in [-0.4, -0.2) is 28.0 Å². The number of aromatic carboxylic acids is 1. The molecule has 31 heavy (non-hydrogen) atoms. The van der Waals surface area contributed by atoms with E-state index >= 15 is 0 Å². The Hall–Kier alpha value is -3.56. The first-order chi connectivity index (χ1) is 14.8. The maximum atomic E-state index is 13.1. The van der Waals surface area contributed by atoms with Crippen LogP contribution in [0.3, 0.4) is 0 Å². The molecule has 7 nitrogen and oxygen atoms in total. The number of amides is 2. The SMILES string of the molecule is O=C1NC(=S)N(c2cccc(Br)c2)C(=O)/C1=C/c1ccc(-c2ccccc2C(=O)O)o1. The third-order valence-corrected chi connectivity index (χ3v) is 5.28. The average molecular weight is 497 g/mol. The highest BCUT2D eigenvalue weighted by Gasteiger charge is 2.34. The van der Waals surface area contributed by atoms with Gasteiger partial charge in [0.05, 0.1) is 11.3 Å². The first kappa shape index (κ1) is 20.7. The van der Waals surface area contributed by atoms with Crippen LogP contribution in [-0.2, 0) is 9.59 Å². The highest BCUT2D eigenvalue weighted by atomic mass is 79.9. The topological polar surface area (TPSA) is 99.9 Å². The summed E-state index contributed by atoms with van der Waals surface area (Å²) in [6, 6.07) is 16.5. The Morgan fingerprint density at radius 3 is 2.61 bits per heavy atom. The van der Waals surface area contributed by atoms with E-state index in [0.717, 1.165) is 4.47 Å². The first-order valence-electron chi connectivity index (χ1n) is 8.94. The van der Waals surface area contributed by atoms with Crippen LogP contribution in [0, 0.1) is 0 Å². The molecule has 0 atom stereocenters. The Morgan fingerprint density at radius 2 is 1.87 bits per heavy atom. The molecule has 1 fully saturated rings. The number of benzene rings is 2. The number of carbonyl (C=O) groups is 3. The average Bonchev–Trinajstić information content (AvgIpc) is 3.19. The van der Waals surface area contributed by atoms with Gasteiger partial charge in [0.25, 0.3) is 11.8 Å². The summed E-state index contributed by atoms with van der Waals surface area (Å²) >= 11 is 8.53. The van der Waals surface area contributed by atoms with E-state index in [4.69, 9.17) is 16.6 Å². The smallest absolute Gasteiger partial charge is 0.336 e. The number of carbonyl (C=O) groups excluding carboxylic acids is 2. The molecule has 2 N–H and O–H groups in total. The molecule has 0 radical (unpaired) electrons. The van der Waals surface area contributed by atoms with Gasteiger partial charge in [-0.25, -0.2) is 4.79 Å². The summed E-state index contributed by atoms with van der Waals surface area (Å²) in [5.41, 5.74) is 0.788. The molecule has 1 saturated heterocycles. The Balaban J connectivity index is 1.70. The van der Waals surface area contributed by atoms with Crippen molar-refractivity contribution in [2.24, 2.45) is 0 Å². The third kappa shape index (κ3) is 4.05. The van der Waals surface area contributed by atoms with Crippen LogP contribution in [0.15, 0.2) is 75.1 Å². The second-order valence-electron chi connectivity index (χ2n) is 6.49. The van der Waals surface area contributed by atoms with Gasteiger partial charge >= 0.3 is 5.97 Å². The minimum absolute atomic E-state index is 0.0271. The van der Waals surface area contributed by atoms with Crippen molar-refractivity contribution in [2.45, 2.75) is 0 Å². The second kappa shape index (κ2) is 8.29. The van der Waals surface area contributed by atoms with E-state index in [2.05, 4.69) is 21.2 Å². The number of hydrogen-bond acceptors (Lipinski definition) is 5. The zero-order valence-electron chi connectivity index (χ0n) is 15.7. The maximum Gasteiger partial charge on any atom is 0.336 e. The van der Waals surface area contributed by atoms with Gasteiger partial charge in [0.1, 0.15) is 17.1 Å². The van der Waals surface area contributed by atoms with Crippen LogP contribution < -0.4 is 10.2 Å². The number of carboxylic acid groups (broad SMARTS) is 1. The molecule has 4 rings (SSSR count). The zero-order valence-corrected chi connectivity index (χ0v) is 18.1. The number of rotatable bonds is 4. The third-order valence-electron chi connectivity index (χ3n) is 4.50. The van der Waals surface area contributed by atoms with Gasteiger partial charge in [0.15, 0.2) is 5.11 Å². The van der Waals surface area contributed by atoms with Crippen molar-refractivity contribution in [1.29, 1.82) is 0 Å². The predicted octanol–water partition coefficient (Wildman–Crippen LogP) is 4.24. The fraction of sp³-hybridized carbons (Fsp3) is 0. The number of thiocarbonyl (C=S) groups is 1. The van der Waals surface area contributed by atoms with Gasteiger partial charge in [-0.05, 0) is 54.7 Å². The summed E-state index contributed by atoms with van der Waals surface area (Å²) in [6.07, 6.45) is 1.30.